The van der Waals surface area contributed by atoms with Gasteiger partial charge in [-0.3, -0.25) is 0 Å². The zero-order valence-electron chi connectivity index (χ0n) is 19.8. The van der Waals surface area contributed by atoms with Gasteiger partial charge in [0.25, 0.3) is 0 Å². The minimum absolute atomic E-state index is 0.0634. The van der Waals surface area contributed by atoms with Gasteiger partial charge >= 0.3 is 0 Å². The van der Waals surface area contributed by atoms with Crippen LogP contribution in [0.25, 0.3) is 0 Å². The van der Waals surface area contributed by atoms with Gasteiger partial charge in [0, 0.05) is 7.11 Å². The van der Waals surface area contributed by atoms with Crippen molar-refractivity contribution in [3.05, 3.63) is 58.7 Å². The Bertz CT molecular complexity index is 1060. The lowest BCUT2D eigenvalue weighted by atomic mass is 9.85. The van der Waals surface area contributed by atoms with Crippen LogP contribution in [-0.4, -0.2) is 71.8 Å². The second-order valence-electron chi connectivity index (χ2n) is 8.95. The molecule has 0 amide bonds. The fourth-order valence-electron chi connectivity index (χ4n) is 4.52. The second-order valence-corrected chi connectivity index (χ2v) is 8.95. The summed E-state index contributed by atoms with van der Waals surface area (Å²) in [7, 11) is 2.89. The minimum atomic E-state index is -1.95. The summed E-state index contributed by atoms with van der Waals surface area (Å²) in [5.74, 6) is -0.960. The number of aliphatic hydroxyl groups is 4. The van der Waals surface area contributed by atoms with Crippen LogP contribution in [0, 0.1) is 11.3 Å². The van der Waals surface area contributed by atoms with Crippen molar-refractivity contribution in [3.8, 4) is 17.6 Å². The van der Waals surface area contributed by atoms with E-state index in [1.807, 2.05) is 24.3 Å². The van der Waals surface area contributed by atoms with E-state index in [1.165, 1.54) is 7.11 Å². The Labute approximate surface area is 204 Å². The summed E-state index contributed by atoms with van der Waals surface area (Å²) in [5, 5.41) is 51.6. The number of nitriles is 1. The van der Waals surface area contributed by atoms with Gasteiger partial charge in [-0.2, -0.15) is 5.26 Å². The zero-order valence-corrected chi connectivity index (χ0v) is 19.8. The molecule has 4 N–H and O–H groups in total. The molecule has 1 aliphatic heterocycles. The summed E-state index contributed by atoms with van der Waals surface area (Å²) in [6.07, 6.45) is -3.06. The zero-order chi connectivity index (χ0) is 25.2. The van der Waals surface area contributed by atoms with Crippen molar-refractivity contribution < 1.29 is 39.4 Å². The Balaban J connectivity index is 1.83. The summed E-state index contributed by atoms with van der Waals surface area (Å²) in [6.45, 7) is -0.607. The molecule has 4 rings (SSSR count). The number of methoxy groups -OCH3 is 2. The Hall–Kier alpha value is -2.71. The maximum Gasteiger partial charge on any atom is 0.228 e. The van der Waals surface area contributed by atoms with Crippen molar-refractivity contribution in [3.63, 3.8) is 0 Å². The third-order valence-electron chi connectivity index (χ3n) is 6.85. The number of hydrogen-bond acceptors (Lipinski definition) is 9. The fourth-order valence-corrected chi connectivity index (χ4v) is 4.52. The van der Waals surface area contributed by atoms with Gasteiger partial charge in [0.1, 0.15) is 35.9 Å². The number of hydrogen-bond donors (Lipinski definition) is 4. The first-order valence-corrected chi connectivity index (χ1v) is 11.6. The van der Waals surface area contributed by atoms with Crippen molar-refractivity contribution >= 4 is 0 Å². The van der Waals surface area contributed by atoms with E-state index >= 15 is 0 Å². The summed E-state index contributed by atoms with van der Waals surface area (Å²) in [4.78, 5) is 0. The second kappa shape index (κ2) is 10.5. The Morgan fingerprint density at radius 2 is 1.80 bits per heavy atom. The lowest BCUT2D eigenvalue weighted by molar-refractivity contribution is -0.366. The number of benzene rings is 2. The largest absolute Gasteiger partial charge is 0.497 e. The minimum Gasteiger partial charge on any atom is -0.497 e. The molecular weight excluding hydrogens is 454 g/mol. The van der Waals surface area contributed by atoms with Gasteiger partial charge in [-0.15, -0.1) is 0 Å². The molecule has 0 spiro atoms. The van der Waals surface area contributed by atoms with Gasteiger partial charge in [-0.25, -0.2) is 0 Å². The van der Waals surface area contributed by atoms with Crippen LogP contribution in [0.2, 0.25) is 0 Å². The summed E-state index contributed by atoms with van der Waals surface area (Å²) in [5.41, 5.74) is 2.20. The van der Waals surface area contributed by atoms with Crippen LogP contribution >= 0.6 is 0 Å². The highest BCUT2D eigenvalue weighted by Crippen LogP contribution is 2.45. The predicted octanol–water partition coefficient (Wildman–Crippen LogP) is 1.36. The molecule has 0 bridgehead atoms. The SMILES string of the molecule is COc1ccc(Cc2cc([C@]3(OC)O[C@H](CO)[C@@H](O)[C@H](O)[C@H]3O)c(OC3CCC3)cc2C#N)cc1. The molecule has 35 heavy (non-hydrogen) atoms. The molecule has 1 saturated carbocycles. The van der Waals surface area contributed by atoms with Gasteiger partial charge in [-0.1, -0.05) is 12.1 Å². The lowest BCUT2D eigenvalue weighted by Crippen LogP contribution is -2.64. The van der Waals surface area contributed by atoms with E-state index in [4.69, 9.17) is 18.9 Å². The molecule has 0 aromatic heterocycles. The summed E-state index contributed by atoms with van der Waals surface area (Å²) >= 11 is 0. The third kappa shape index (κ3) is 4.74. The van der Waals surface area contributed by atoms with Gasteiger partial charge in [0.2, 0.25) is 5.79 Å². The molecule has 0 radical (unpaired) electrons. The van der Waals surface area contributed by atoms with Crippen molar-refractivity contribution in [1.82, 2.24) is 0 Å². The van der Waals surface area contributed by atoms with Crippen LogP contribution in [0.15, 0.2) is 36.4 Å². The molecule has 2 aromatic carbocycles. The highest BCUT2D eigenvalue weighted by molar-refractivity contribution is 5.52. The molecule has 1 saturated heterocycles. The molecule has 9 heteroatoms. The fraction of sp³-hybridized carbons (Fsp3) is 0.500. The first-order chi connectivity index (χ1) is 16.9. The van der Waals surface area contributed by atoms with E-state index in [0.717, 1.165) is 24.8 Å². The average Bonchev–Trinajstić information content (AvgIpc) is 2.86. The van der Waals surface area contributed by atoms with Crippen LogP contribution in [0.3, 0.4) is 0 Å². The van der Waals surface area contributed by atoms with E-state index in [0.29, 0.717) is 23.3 Å². The molecule has 9 nitrogen and oxygen atoms in total. The number of aliphatic hydroxyl groups excluding tert-OH is 4. The Kier molecular flexibility index (Phi) is 7.62. The average molecular weight is 486 g/mol. The van der Waals surface area contributed by atoms with E-state index in [2.05, 4.69) is 6.07 Å². The van der Waals surface area contributed by atoms with Crippen molar-refractivity contribution in [1.29, 1.82) is 5.26 Å². The van der Waals surface area contributed by atoms with Crippen LogP contribution in [0.4, 0.5) is 0 Å². The van der Waals surface area contributed by atoms with E-state index in [-0.39, 0.29) is 17.4 Å². The van der Waals surface area contributed by atoms with Crippen molar-refractivity contribution in [2.45, 2.75) is 62.0 Å². The van der Waals surface area contributed by atoms with Crippen LogP contribution in [0.1, 0.15) is 41.5 Å². The van der Waals surface area contributed by atoms with Gasteiger partial charge in [0.05, 0.1) is 37.0 Å². The maximum atomic E-state index is 11.0. The number of rotatable bonds is 8. The topological polar surface area (TPSA) is 142 Å². The summed E-state index contributed by atoms with van der Waals surface area (Å²) in [6, 6.07) is 12.9. The molecule has 1 heterocycles. The molecule has 2 aromatic rings. The molecular formula is C26H31NO8. The normalized spacial score (nSPS) is 28.7. The molecule has 5 atom stereocenters. The number of ether oxygens (including phenoxy) is 4. The Morgan fingerprint density at radius 1 is 1.09 bits per heavy atom. The first-order valence-electron chi connectivity index (χ1n) is 11.6. The smallest absolute Gasteiger partial charge is 0.228 e. The maximum absolute atomic E-state index is 11.0. The van der Waals surface area contributed by atoms with Gasteiger partial charge < -0.3 is 39.4 Å². The van der Waals surface area contributed by atoms with Gasteiger partial charge in [0.15, 0.2) is 0 Å². The summed E-state index contributed by atoms with van der Waals surface area (Å²) < 4.78 is 23.0. The molecule has 2 aliphatic rings. The van der Waals surface area contributed by atoms with Gasteiger partial charge in [-0.05, 0) is 61.1 Å². The molecule has 1 aliphatic carbocycles. The van der Waals surface area contributed by atoms with Crippen molar-refractivity contribution in [2.75, 3.05) is 20.8 Å². The molecule has 188 valence electrons. The lowest BCUT2D eigenvalue weighted by Gasteiger charge is -2.48. The predicted molar refractivity (Wildman–Crippen MR) is 124 cm³/mol. The third-order valence-corrected chi connectivity index (χ3v) is 6.85. The van der Waals surface area contributed by atoms with Crippen LogP contribution in [-0.2, 0) is 21.7 Å². The van der Waals surface area contributed by atoms with Crippen LogP contribution in [0.5, 0.6) is 11.5 Å². The quantitative estimate of drug-likeness (QED) is 0.436. The Morgan fingerprint density at radius 3 is 2.34 bits per heavy atom. The highest BCUT2D eigenvalue weighted by atomic mass is 16.7. The first kappa shape index (κ1) is 25.4. The standard InChI is InChI=1S/C26H31NO8/c1-32-18-8-6-15(7-9-18)10-16-11-20(21(12-17(16)13-27)34-19-4-3-5-19)26(33-2)25(31)24(30)23(29)22(14-28)35-26/h6-9,11-12,19,22-25,28-31H,3-5,10,14H2,1-2H3/t22-,23-,24+,25-,26+/m1/s1. The van der Waals surface area contributed by atoms with E-state index in [1.54, 1.807) is 19.2 Å². The molecule has 2 fully saturated rings. The van der Waals surface area contributed by atoms with E-state index < -0.39 is 36.8 Å². The van der Waals surface area contributed by atoms with E-state index in [9.17, 15) is 25.7 Å². The van der Waals surface area contributed by atoms with Crippen LogP contribution < -0.4 is 9.47 Å². The highest BCUT2D eigenvalue weighted by Gasteiger charge is 2.56. The number of nitrogens with zero attached hydrogens (tertiary/aromatic N) is 1. The molecule has 0 unspecified atom stereocenters. The monoisotopic (exact) mass is 485 g/mol. The van der Waals surface area contributed by atoms with Crippen molar-refractivity contribution in [2.24, 2.45) is 0 Å².